The van der Waals surface area contributed by atoms with Gasteiger partial charge in [0.1, 0.15) is 79.0 Å². The van der Waals surface area contributed by atoms with Crippen LogP contribution in [0.4, 0.5) is 0 Å². The first-order chi connectivity index (χ1) is 30.7. The van der Waals surface area contributed by atoms with Gasteiger partial charge in [0.25, 0.3) is 0 Å². The molecule has 4 aliphatic heterocycles. The molecule has 0 amide bonds. The Morgan fingerprint density at radius 1 is 0.754 bits per heavy atom. The molecule has 0 aromatic heterocycles. The highest BCUT2D eigenvalue weighted by Gasteiger charge is 2.71. The van der Waals surface area contributed by atoms with Crippen molar-refractivity contribution in [2.24, 2.45) is 46.3 Å². The molecular weight excluding hydrogens is 860 g/mol. The van der Waals surface area contributed by atoms with Gasteiger partial charge in [0, 0.05) is 30.1 Å². The van der Waals surface area contributed by atoms with Crippen molar-refractivity contribution < 1.29 is 99.2 Å². The van der Waals surface area contributed by atoms with Crippen LogP contribution in [0.2, 0.25) is 0 Å². The second-order valence-corrected chi connectivity index (χ2v) is 20.9. The van der Waals surface area contributed by atoms with Crippen LogP contribution in [-0.4, -0.2) is 204 Å². The Labute approximate surface area is 378 Å². The number of carbonyl (C=O) groups excluding carboxylic acids is 1. The third-order valence-electron chi connectivity index (χ3n) is 17.3. The van der Waals surface area contributed by atoms with Gasteiger partial charge in [0.15, 0.2) is 24.7 Å². The molecular formula is C45H72O20. The van der Waals surface area contributed by atoms with Crippen molar-refractivity contribution >= 4 is 5.78 Å². The summed E-state index contributed by atoms with van der Waals surface area (Å²) < 4.78 is 41.1. The second-order valence-electron chi connectivity index (χ2n) is 20.9. The Kier molecular flexibility index (Phi) is 14.7. The molecule has 8 rings (SSSR count). The summed E-state index contributed by atoms with van der Waals surface area (Å²) >= 11 is 0. The minimum Gasteiger partial charge on any atom is -0.394 e. The lowest BCUT2D eigenvalue weighted by Crippen LogP contribution is -2.65. The van der Waals surface area contributed by atoms with E-state index >= 15 is 0 Å². The number of allylic oxidation sites excluding steroid dienone is 1. The highest BCUT2D eigenvalue weighted by molar-refractivity contribution is 5.87. The predicted octanol–water partition coefficient (Wildman–Crippen LogP) is -2.68. The lowest BCUT2D eigenvalue weighted by molar-refractivity contribution is -0.363. The quantitative estimate of drug-likeness (QED) is 0.0838. The first kappa shape index (κ1) is 50.1. The van der Waals surface area contributed by atoms with E-state index in [1.165, 1.54) is 0 Å². The smallest absolute Gasteiger partial charge is 0.187 e. The summed E-state index contributed by atoms with van der Waals surface area (Å²) in [6.07, 6.45) is -16.5. The summed E-state index contributed by atoms with van der Waals surface area (Å²) in [5.74, 6) is -1.61. The molecule has 0 radical (unpaired) electrons. The molecule has 0 unspecified atom stereocenters. The van der Waals surface area contributed by atoms with Crippen LogP contribution in [0.25, 0.3) is 0 Å². The molecule has 4 saturated heterocycles. The fraction of sp³-hybridized carbons (Fsp3) is 0.933. The zero-order valence-electron chi connectivity index (χ0n) is 37.5. The van der Waals surface area contributed by atoms with Gasteiger partial charge in [0.05, 0.1) is 38.6 Å². The first-order valence-corrected chi connectivity index (χ1v) is 23.5. The summed E-state index contributed by atoms with van der Waals surface area (Å²) in [7, 11) is 0. The monoisotopic (exact) mass is 932 g/mol. The molecule has 26 atom stereocenters. The van der Waals surface area contributed by atoms with Crippen molar-refractivity contribution in [3.05, 3.63) is 11.6 Å². The fourth-order valence-corrected chi connectivity index (χ4v) is 13.3. The van der Waals surface area contributed by atoms with Gasteiger partial charge in [-0.25, -0.2) is 0 Å². The van der Waals surface area contributed by atoms with Crippen LogP contribution in [0.1, 0.15) is 79.1 Å². The van der Waals surface area contributed by atoms with Crippen molar-refractivity contribution in [1.82, 2.24) is 0 Å². The van der Waals surface area contributed by atoms with Gasteiger partial charge in [0.2, 0.25) is 0 Å². The third-order valence-corrected chi connectivity index (χ3v) is 17.3. The Balaban J connectivity index is 0.869. The van der Waals surface area contributed by atoms with Gasteiger partial charge >= 0.3 is 0 Å². The summed E-state index contributed by atoms with van der Waals surface area (Å²) in [5, 5.41) is 125. The Morgan fingerprint density at radius 2 is 1.34 bits per heavy atom. The van der Waals surface area contributed by atoms with Crippen molar-refractivity contribution in [3.8, 4) is 0 Å². The summed E-state index contributed by atoms with van der Waals surface area (Å²) in [6, 6.07) is 0. The van der Waals surface area contributed by atoms with Gasteiger partial charge < -0.3 is 94.4 Å². The van der Waals surface area contributed by atoms with Crippen LogP contribution >= 0.6 is 0 Å². The number of aliphatic hydroxyl groups excluding tert-OH is 11. The molecule has 0 bridgehead atoms. The lowest BCUT2D eigenvalue weighted by Gasteiger charge is -2.57. The Morgan fingerprint density at radius 3 is 1.98 bits per heavy atom. The molecule has 3 saturated carbocycles. The minimum absolute atomic E-state index is 0.0473. The minimum atomic E-state index is -1.78. The number of Topliss-reactive ketones (excluding diaryl/α,β-unsaturated/α-hetero) is 1. The van der Waals surface area contributed by atoms with Crippen LogP contribution in [0.5, 0.6) is 0 Å². The lowest BCUT2D eigenvalue weighted by atomic mass is 9.46. The maximum Gasteiger partial charge on any atom is 0.187 e. The maximum absolute atomic E-state index is 14.6. The Hall–Kier alpha value is -1.35. The topological polar surface area (TPSA) is 324 Å². The van der Waals surface area contributed by atoms with Crippen molar-refractivity contribution in [3.63, 3.8) is 0 Å². The number of ether oxygens (including phenoxy) is 7. The van der Waals surface area contributed by atoms with Gasteiger partial charge in [-0.2, -0.15) is 0 Å². The molecule has 7 fully saturated rings. The summed E-state index contributed by atoms with van der Waals surface area (Å²) in [4.78, 5) is 14.6. The van der Waals surface area contributed by atoms with E-state index in [-0.39, 0.29) is 65.8 Å². The zero-order chi connectivity index (χ0) is 47.1. The zero-order valence-corrected chi connectivity index (χ0v) is 37.5. The summed E-state index contributed by atoms with van der Waals surface area (Å²) in [6.45, 7) is 6.34. The Bertz CT molecular complexity index is 1700. The normalized spacial score (nSPS) is 53.7. The molecule has 372 valence electrons. The number of rotatable bonds is 13. The highest BCUT2D eigenvalue weighted by Crippen LogP contribution is 2.69. The predicted molar refractivity (Wildman–Crippen MR) is 219 cm³/mol. The van der Waals surface area contributed by atoms with Crippen LogP contribution in [0.3, 0.4) is 0 Å². The molecule has 12 N–H and O–H groups in total. The van der Waals surface area contributed by atoms with Gasteiger partial charge in [-0.05, 0) is 67.6 Å². The van der Waals surface area contributed by atoms with E-state index in [2.05, 4.69) is 19.9 Å². The third kappa shape index (κ3) is 8.60. The molecule has 65 heavy (non-hydrogen) atoms. The number of aliphatic hydroxyl groups is 12. The van der Waals surface area contributed by atoms with Crippen LogP contribution < -0.4 is 0 Å². The van der Waals surface area contributed by atoms with Crippen molar-refractivity contribution in [1.29, 1.82) is 0 Å². The van der Waals surface area contributed by atoms with Crippen LogP contribution in [0.15, 0.2) is 11.6 Å². The molecule has 0 aromatic carbocycles. The molecule has 0 aromatic rings. The SMILES string of the molecule is C[C@@H](CC[C@@]1(O)O[C@H]2C[C@H]3[C@H]4CC=C5C[C@H](O[C@@H]6O[C@H](CO)[C@H](O[C@H]7O[C@@H](CO)[C@H](O)[C@@H](O)[C@@H]7O)[C@H](O)[C@H]6O)CC[C@]5(C)[C@@H]4CC(=O)[C@]3(C)[C@@H]2[C@@H]1C)CO[C@@H]1O[C@H](CO)[C@@H](O)[C@H](O)[C@H]1O. The molecule has 8 aliphatic rings. The first-order valence-electron chi connectivity index (χ1n) is 23.5. The molecule has 4 aliphatic carbocycles. The fourth-order valence-electron chi connectivity index (χ4n) is 13.3. The number of fused-ring (bicyclic) bond motifs is 7. The van der Waals surface area contributed by atoms with Crippen molar-refractivity contribution in [2.45, 2.75) is 189 Å². The number of carbonyl (C=O) groups is 1. The van der Waals surface area contributed by atoms with Crippen LogP contribution in [0, 0.1) is 46.3 Å². The molecule has 20 nitrogen and oxygen atoms in total. The van der Waals surface area contributed by atoms with Crippen molar-refractivity contribution in [2.75, 3.05) is 26.4 Å². The van der Waals surface area contributed by atoms with Crippen LogP contribution in [-0.2, 0) is 38.0 Å². The average Bonchev–Trinajstić information content (AvgIpc) is 3.73. The second kappa shape index (κ2) is 19.1. The molecule has 0 spiro atoms. The van der Waals surface area contributed by atoms with Gasteiger partial charge in [-0.3, -0.25) is 4.79 Å². The standard InChI is InChI=1S/C45H72O20/c1-18(17-59-40-36(55)33(52)31(50)26(14-46)61-40)7-10-45(58)19(2)30-25(65-45)12-24-22-6-5-20-11-21(8-9-43(20,3)23(22)13-29(49)44(24,30)4)60-41-38(57)35(54)39(28(16-48)63-41)64-42-37(56)34(53)32(51)27(15-47)62-42/h5,18-19,21-28,30-42,46-48,50-58H,6-17H2,1-4H3/t18-,19-,21+,22-,23+,24-,25-,26+,27-,28+,30+,31+,32-,33-,34+,35+,36+,37-,38+,39-,40+,41+,42+,43-,44+,45+/m0/s1. The van der Waals surface area contributed by atoms with Gasteiger partial charge in [-0.15, -0.1) is 0 Å². The highest BCUT2D eigenvalue weighted by atomic mass is 16.7. The number of hydrogen-bond acceptors (Lipinski definition) is 20. The van der Waals surface area contributed by atoms with E-state index in [0.717, 1.165) is 12.0 Å². The van der Waals surface area contributed by atoms with E-state index in [1.54, 1.807) is 0 Å². The van der Waals surface area contributed by atoms with Gasteiger partial charge in [-0.1, -0.05) is 39.3 Å². The average molecular weight is 933 g/mol. The van der Waals surface area contributed by atoms with E-state index in [0.29, 0.717) is 38.5 Å². The molecule has 4 heterocycles. The van der Waals surface area contributed by atoms with E-state index in [1.807, 2.05) is 13.8 Å². The van der Waals surface area contributed by atoms with E-state index in [4.69, 9.17) is 33.2 Å². The maximum atomic E-state index is 14.6. The number of ketones is 1. The largest absolute Gasteiger partial charge is 0.394 e. The van der Waals surface area contributed by atoms with E-state index < -0.39 is 129 Å². The molecule has 20 heteroatoms. The van der Waals surface area contributed by atoms with E-state index in [9.17, 15) is 66.1 Å². The summed E-state index contributed by atoms with van der Waals surface area (Å²) in [5.41, 5.74) is 0.155. The number of hydrogen-bond donors (Lipinski definition) is 12.